The van der Waals surface area contributed by atoms with E-state index in [1.807, 2.05) is 13.8 Å². The van der Waals surface area contributed by atoms with Gasteiger partial charge < -0.3 is 9.84 Å². The zero-order valence-corrected chi connectivity index (χ0v) is 7.71. The summed E-state index contributed by atoms with van der Waals surface area (Å²) in [4.78, 5) is 2.66. The average molecular weight is 181 g/mol. The molecule has 0 saturated carbocycles. The molecule has 0 aromatic rings. The Bertz CT molecular complexity index is 244. The molecule has 1 aliphatic heterocycles. The van der Waals surface area contributed by atoms with E-state index >= 15 is 0 Å². The van der Waals surface area contributed by atoms with Gasteiger partial charge in [0, 0.05) is 10.9 Å². The quantitative estimate of drug-likeness (QED) is 0.295. The van der Waals surface area contributed by atoms with Crippen LogP contribution in [0.4, 0.5) is 0 Å². The van der Waals surface area contributed by atoms with Crippen LogP contribution >= 0.6 is 0 Å². The van der Waals surface area contributed by atoms with Crippen molar-refractivity contribution < 1.29 is 9.84 Å². The summed E-state index contributed by atoms with van der Waals surface area (Å²) < 4.78 is 5.27. The Kier molecular flexibility index (Phi) is 2.85. The highest BCUT2D eigenvalue weighted by Gasteiger charge is 2.48. The van der Waals surface area contributed by atoms with Gasteiger partial charge in [-0.15, -0.1) is 0 Å². The molecule has 4 atom stereocenters. The molecular weight excluding hydrogens is 169 g/mol. The molecule has 70 valence electrons. The van der Waals surface area contributed by atoms with Gasteiger partial charge in [-0.05, 0) is 17.4 Å². The molecule has 1 fully saturated rings. The molecule has 0 bridgehead atoms. The zero-order valence-electron chi connectivity index (χ0n) is 7.71. The number of aliphatic hydroxyl groups excluding tert-OH is 1. The molecule has 0 aromatic carbocycles. The Morgan fingerprint density at radius 3 is 2.62 bits per heavy atom. The fourth-order valence-corrected chi connectivity index (χ4v) is 1.55. The molecule has 0 spiro atoms. The second kappa shape index (κ2) is 3.58. The monoisotopic (exact) mass is 181 g/mol. The summed E-state index contributed by atoms with van der Waals surface area (Å²) in [5.74, 6) is -0.0129. The molecule has 0 aromatic heterocycles. The van der Waals surface area contributed by atoms with E-state index in [4.69, 9.17) is 23.2 Å². The van der Waals surface area contributed by atoms with E-state index in [0.29, 0.717) is 0 Å². The van der Waals surface area contributed by atoms with Gasteiger partial charge in [-0.25, -0.2) is 0 Å². The highest BCUT2D eigenvalue weighted by Crippen LogP contribution is 2.40. The van der Waals surface area contributed by atoms with Crippen molar-refractivity contribution in [3.05, 3.63) is 10.4 Å². The van der Waals surface area contributed by atoms with Crippen molar-refractivity contribution in [3.8, 4) is 0 Å². The van der Waals surface area contributed by atoms with Crippen LogP contribution in [-0.2, 0) is 4.74 Å². The Labute approximate surface area is 78.1 Å². The summed E-state index contributed by atoms with van der Waals surface area (Å²) in [5, 5.41) is 12.6. The number of rotatable bonds is 2. The second-order valence-corrected chi connectivity index (χ2v) is 3.42. The maximum atomic E-state index is 9.11. The van der Waals surface area contributed by atoms with E-state index in [0.717, 1.165) is 0 Å². The highest BCUT2D eigenvalue weighted by atomic mass is 16.5. The van der Waals surface area contributed by atoms with Crippen molar-refractivity contribution in [3.63, 3.8) is 0 Å². The third-order valence-electron chi connectivity index (χ3n) is 2.80. The predicted molar refractivity (Wildman–Crippen MR) is 47.9 cm³/mol. The van der Waals surface area contributed by atoms with Gasteiger partial charge in [0.2, 0.25) is 0 Å². The number of ether oxygens (including phenoxy) is 1. The van der Waals surface area contributed by atoms with E-state index in [1.165, 1.54) is 0 Å². The van der Waals surface area contributed by atoms with Crippen LogP contribution in [0.1, 0.15) is 13.8 Å². The minimum Gasteiger partial charge on any atom is -0.393 e. The third-order valence-corrected chi connectivity index (χ3v) is 2.80. The predicted octanol–water partition coefficient (Wildman–Crippen LogP) is 0.782. The van der Waals surface area contributed by atoms with Gasteiger partial charge in [0.05, 0.1) is 6.61 Å². The summed E-state index contributed by atoms with van der Waals surface area (Å²) in [7, 11) is 5.63. The van der Waals surface area contributed by atoms with E-state index in [2.05, 4.69) is 10.0 Å². The van der Waals surface area contributed by atoms with Crippen molar-refractivity contribution in [2.75, 3.05) is 6.61 Å². The largest absolute Gasteiger partial charge is 0.393 e. The lowest BCUT2D eigenvalue weighted by Crippen LogP contribution is -2.36. The van der Waals surface area contributed by atoms with Crippen LogP contribution < -0.4 is 0 Å². The molecule has 1 heterocycles. The van der Waals surface area contributed by atoms with Crippen LogP contribution in [0, 0.1) is 11.8 Å². The number of hydrogen-bond acceptors (Lipinski definition) is 3. The summed E-state index contributed by atoms with van der Waals surface area (Å²) in [6.07, 6.45) is 0. The number of hydrogen-bond donors (Lipinski definition) is 1. The Morgan fingerprint density at radius 2 is 2.31 bits per heavy atom. The van der Waals surface area contributed by atoms with Crippen LogP contribution in [-0.4, -0.2) is 31.3 Å². The zero-order chi connectivity index (χ0) is 10.1. The number of azide groups is 1. The summed E-state index contributed by atoms with van der Waals surface area (Å²) in [6.45, 7) is 3.42. The van der Waals surface area contributed by atoms with Crippen LogP contribution in [0.2, 0.25) is 0 Å². The van der Waals surface area contributed by atoms with Crippen molar-refractivity contribution in [1.82, 2.24) is 0 Å². The van der Waals surface area contributed by atoms with Crippen LogP contribution in [0.3, 0.4) is 0 Å². The van der Waals surface area contributed by atoms with Gasteiger partial charge in [-0.3, -0.25) is 0 Å². The Hall–Kier alpha value is -0.705. The van der Waals surface area contributed by atoms with Gasteiger partial charge in [-0.1, -0.05) is 19.0 Å². The number of nitrogens with zero attached hydrogens (tertiary/aromatic N) is 3. The Balaban J connectivity index is 2.95. The van der Waals surface area contributed by atoms with Gasteiger partial charge in [0.1, 0.15) is 7.85 Å². The normalized spacial score (nSPS) is 44.4. The molecule has 0 aliphatic carbocycles. The van der Waals surface area contributed by atoms with Crippen molar-refractivity contribution in [2.24, 2.45) is 17.0 Å². The first kappa shape index (κ1) is 10.4. The molecule has 1 rings (SSSR count). The van der Waals surface area contributed by atoms with Crippen molar-refractivity contribution in [2.45, 2.75) is 25.6 Å². The molecule has 6 heteroatoms. The summed E-state index contributed by atoms with van der Waals surface area (Å²) >= 11 is 0. The van der Waals surface area contributed by atoms with E-state index < -0.39 is 11.7 Å². The topological polar surface area (TPSA) is 78.2 Å². The molecule has 1 N–H and O–H groups in total. The van der Waals surface area contributed by atoms with E-state index in [1.54, 1.807) is 0 Å². The summed E-state index contributed by atoms with van der Waals surface area (Å²) in [5.41, 5.74) is 7.17. The summed E-state index contributed by atoms with van der Waals surface area (Å²) in [6, 6.07) is -0.479. The molecule has 4 unspecified atom stereocenters. The molecule has 5 nitrogen and oxygen atoms in total. The minimum atomic E-state index is -1.17. The van der Waals surface area contributed by atoms with Crippen molar-refractivity contribution >= 4 is 7.85 Å². The molecule has 1 aliphatic rings. The van der Waals surface area contributed by atoms with Gasteiger partial charge in [0.15, 0.2) is 5.72 Å². The average Bonchev–Trinajstić information content (AvgIpc) is 2.32. The number of aliphatic hydroxyl groups is 1. The fourth-order valence-electron chi connectivity index (χ4n) is 1.55. The maximum absolute atomic E-state index is 9.11. The molecular formula is C7H12BN3O2. The standard InChI is InChI=1S/C7H12BN3O2/c1-4-5(2)7(3-12,10-11-9)13-6(4)8/h4-6,12H,3H2,1-2H3. The fraction of sp³-hybridized carbons (Fsp3) is 1.00. The SMILES string of the molecule is [B]C1OC(CO)(N=[N+]=[N-])C(C)C1C. The lowest BCUT2D eigenvalue weighted by atomic mass is 9.80. The van der Waals surface area contributed by atoms with Gasteiger partial charge in [0.25, 0.3) is 0 Å². The highest BCUT2D eigenvalue weighted by molar-refractivity contribution is 6.11. The minimum absolute atomic E-state index is 0.0673. The first-order valence-corrected chi connectivity index (χ1v) is 4.18. The second-order valence-electron chi connectivity index (χ2n) is 3.42. The third kappa shape index (κ3) is 1.53. The van der Waals surface area contributed by atoms with Gasteiger partial charge >= 0.3 is 0 Å². The Morgan fingerprint density at radius 1 is 1.69 bits per heavy atom. The molecule has 2 radical (unpaired) electrons. The maximum Gasteiger partial charge on any atom is 0.172 e. The molecule has 0 amide bonds. The lowest BCUT2D eigenvalue weighted by Gasteiger charge is -2.25. The van der Waals surface area contributed by atoms with E-state index in [9.17, 15) is 0 Å². The van der Waals surface area contributed by atoms with Crippen LogP contribution in [0.15, 0.2) is 5.11 Å². The van der Waals surface area contributed by atoms with Gasteiger partial charge in [-0.2, -0.15) is 0 Å². The van der Waals surface area contributed by atoms with Crippen LogP contribution in [0.5, 0.6) is 0 Å². The first-order chi connectivity index (χ1) is 6.07. The van der Waals surface area contributed by atoms with E-state index in [-0.39, 0.29) is 18.4 Å². The molecule has 1 saturated heterocycles. The molecule has 13 heavy (non-hydrogen) atoms. The first-order valence-electron chi connectivity index (χ1n) is 4.18. The van der Waals surface area contributed by atoms with Crippen molar-refractivity contribution in [1.29, 1.82) is 0 Å². The lowest BCUT2D eigenvalue weighted by molar-refractivity contribution is -0.0634. The smallest absolute Gasteiger partial charge is 0.172 e. The van der Waals surface area contributed by atoms with Crippen LogP contribution in [0.25, 0.3) is 10.4 Å².